The van der Waals surface area contributed by atoms with Crippen LogP contribution in [0.15, 0.2) is 28.7 Å². The largest absolute Gasteiger partial charge is 0.375 e. The summed E-state index contributed by atoms with van der Waals surface area (Å²) >= 11 is 3.49. The fraction of sp³-hybridized carbons (Fsp3) is 0.562. The van der Waals surface area contributed by atoms with E-state index in [1.165, 1.54) is 5.56 Å². The first-order valence-electron chi connectivity index (χ1n) is 7.29. The van der Waals surface area contributed by atoms with E-state index in [-0.39, 0.29) is 35.9 Å². The predicted molar refractivity (Wildman–Crippen MR) is 94.6 cm³/mol. The number of hydrogen-bond acceptors (Lipinski definition) is 3. The molecule has 1 amide bonds. The summed E-state index contributed by atoms with van der Waals surface area (Å²) in [6.45, 7) is 8.15. The lowest BCUT2D eigenvalue weighted by Crippen LogP contribution is -2.56. The summed E-state index contributed by atoms with van der Waals surface area (Å²) in [5.74, 6) is 0.00488. The second-order valence-electron chi connectivity index (χ2n) is 6.12. The molecule has 6 heteroatoms. The van der Waals surface area contributed by atoms with Gasteiger partial charge < -0.3 is 15.4 Å². The standard InChI is InChI=1S/C16H23BrN2O2.ClH/c1-11-14(18-7-8-21-11)15(20)19-10-16(2,3)12-5-4-6-13(17)9-12;/h4-6,9,11,14,18H,7-8,10H2,1-3H3,(H,19,20);1H/t11-,14+;/m1./s1. The Morgan fingerprint density at radius 1 is 1.50 bits per heavy atom. The summed E-state index contributed by atoms with van der Waals surface area (Å²) in [6, 6.07) is 7.93. The zero-order valence-corrected chi connectivity index (χ0v) is 15.6. The van der Waals surface area contributed by atoms with Crippen LogP contribution < -0.4 is 10.6 Å². The molecule has 0 aliphatic carbocycles. The Balaban J connectivity index is 0.00000242. The van der Waals surface area contributed by atoms with Crippen molar-refractivity contribution in [1.29, 1.82) is 0 Å². The molecule has 124 valence electrons. The lowest BCUT2D eigenvalue weighted by molar-refractivity contribution is -0.129. The molecule has 1 aromatic carbocycles. The van der Waals surface area contributed by atoms with Gasteiger partial charge in [0, 0.05) is 23.0 Å². The zero-order chi connectivity index (χ0) is 15.5. The minimum absolute atomic E-state index is 0. The summed E-state index contributed by atoms with van der Waals surface area (Å²) in [7, 11) is 0. The smallest absolute Gasteiger partial charge is 0.239 e. The predicted octanol–water partition coefficient (Wildman–Crippen LogP) is 2.64. The zero-order valence-electron chi connectivity index (χ0n) is 13.2. The number of carbonyl (C=O) groups is 1. The Hall–Kier alpha value is -0.620. The van der Waals surface area contributed by atoms with Crippen molar-refractivity contribution in [1.82, 2.24) is 10.6 Å². The van der Waals surface area contributed by atoms with Crippen molar-refractivity contribution in [2.45, 2.75) is 38.3 Å². The first kappa shape index (κ1) is 19.4. The molecule has 2 rings (SSSR count). The van der Waals surface area contributed by atoms with Gasteiger partial charge in [-0.05, 0) is 24.6 Å². The molecule has 0 spiro atoms. The van der Waals surface area contributed by atoms with Gasteiger partial charge in [0.15, 0.2) is 0 Å². The molecule has 22 heavy (non-hydrogen) atoms. The highest BCUT2D eigenvalue weighted by atomic mass is 79.9. The third-order valence-electron chi connectivity index (χ3n) is 3.91. The van der Waals surface area contributed by atoms with Gasteiger partial charge >= 0.3 is 0 Å². The highest BCUT2D eigenvalue weighted by molar-refractivity contribution is 9.10. The van der Waals surface area contributed by atoms with E-state index >= 15 is 0 Å². The molecule has 0 aromatic heterocycles. The summed E-state index contributed by atoms with van der Waals surface area (Å²) in [5, 5.41) is 6.25. The second kappa shape index (κ2) is 8.29. The lowest BCUT2D eigenvalue weighted by atomic mass is 9.84. The number of rotatable bonds is 4. The fourth-order valence-corrected chi connectivity index (χ4v) is 2.86. The average molecular weight is 392 g/mol. The minimum atomic E-state index is -0.267. The molecule has 2 atom stereocenters. The second-order valence-corrected chi connectivity index (χ2v) is 7.04. The van der Waals surface area contributed by atoms with Gasteiger partial charge in [-0.15, -0.1) is 12.4 Å². The molecule has 4 nitrogen and oxygen atoms in total. The van der Waals surface area contributed by atoms with Crippen LogP contribution in [0, 0.1) is 0 Å². The first-order valence-corrected chi connectivity index (χ1v) is 8.08. The van der Waals surface area contributed by atoms with Crippen LogP contribution in [0.3, 0.4) is 0 Å². The fourth-order valence-electron chi connectivity index (χ4n) is 2.46. The van der Waals surface area contributed by atoms with Crippen LogP contribution in [-0.4, -0.2) is 37.7 Å². The molecule has 0 saturated carbocycles. The maximum atomic E-state index is 12.3. The van der Waals surface area contributed by atoms with E-state index in [9.17, 15) is 4.79 Å². The lowest BCUT2D eigenvalue weighted by Gasteiger charge is -2.31. The molecule has 1 heterocycles. The van der Waals surface area contributed by atoms with Gasteiger partial charge in [-0.1, -0.05) is 41.9 Å². The summed E-state index contributed by atoms with van der Waals surface area (Å²) in [4.78, 5) is 12.3. The van der Waals surface area contributed by atoms with Crippen LogP contribution in [-0.2, 0) is 14.9 Å². The van der Waals surface area contributed by atoms with Gasteiger partial charge in [0.2, 0.25) is 5.91 Å². The van der Waals surface area contributed by atoms with Crippen LogP contribution in [0.4, 0.5) is 0 Å². The Labute approximate surface area is 146 Å². The van der Waals surface area contributed by atoms with Crippen LogP contribution >= 0.6 is 28.3 Å². The average Bonchev–Trinajstić information content (AvgIpc) is 2.45. The monoisotopic (exact) mass is 390 g/mol. The van der Waals surface area contributed by atoms with Crippen molar-refractivity contribution in [2.24, 2.45) is 0 Å². The Kier molecular flexibility index (Phi) is 7.32. The molecule has 1 aliphatic heterocycles. The molecule has 1 aromatic rings. The van der Waals surface area contributed by atoms with Crippen LogP contribution in [0.1, 0.15) is 26.3 Å². The maximum Gasteiger partial charge on any atom is 0.239 e. The van der Waals surface area contributed by atoms with Crippen LogP contribution in [0.2, 0.25) is 0 Å². The minimum Gasteiger partial charge on any atom is -0.375 e. The molecule has 0 unspecified atom stereocenters. The number of nitrogens with one attached hydrogen (secondary N) is 2. The van der Waals surface area contributed by atoms with Crippen molar-refractivity contribution >= 4 is 34.2 Å². The van der Waals surface area contributed by atoms with Crippen LogP contribution in [0.25, 0.3) is 0 Å². The van der Waals surface area contributed by atoms with Crippen molar-refractivity contribution in [2.75, 3.05) is 19.7 Å². The van der Waals surface area contributed by atoms with Crippen molar-refractivity contribution in [3.05, 3.63) is 34.3 Å². The van der Waals surface area contributed by atoms with Gasteiger partial charge in [0.1, 0.15) is 6.04 Å². The van der Waals surface area contributed by atoms with E-state index in [1.807, 2.05) is 19.1 Å². The number of hydrogen-bond donors (Lipinski definition) is 2. The maximum absolute atomic E-state index is 12.3. The Morgan fingerprint density at radius 2 is 2.23 bits per heavy atom. The van der Waals surface area contributed by atoms with E-state index in [2.05, 4.69) is 52.5 Å². The van der Waals surface area contributed by atoms with E-state index in [4.69, 9.17) is 4.74 Å². The molecule has 1 saturated heterocycles. The molecular formula is C16H24BrClN2O2. The van der Waals surface area contributed by atoms with Gasteiger partial charge in [0.25, 0.3) is 0 Å². The van der Waals surface area contributed by atoms with Crippen molar-refractivity contribution in [3.8, 4) is 0 Å². The molecule has 1 fully saturated rings. The van der Waals surface area contributed by atoms with Gasteiger partial charge in [-0.2, -0.15) is 0 Å². The number of morpholine rings is 1. The number of ether oxygens (including phenoxy) is 1. The number of carbonyl (C=O) groups excluding carboxylic acids is 1. The van der Waals surface area contributed by atoms with Gasteiger partial charge in [-0.3, -0.25) is 4.79 Å². The summed E-state index contributed by atoms with van der Waals surface area (Å²) in [6.07, 6.45) is -0.0901. The van der Waals surface area contributed by atoms with E-state index < -0.39 is 0 Å². The van der Waals surface area contributed by atoms with E-state index in [1.54, 1.807) is 0 Å². The summed E-state index contributed by atoms with van der Waals surface area (Å²) in [5.41, 5.74) is 1.07. The number of benzene rings is 1. The van der Waals surface area contributed by atoms with Crippen molar-refractivity contribution < 1.29 is 9.53 Å². The SMILES string of the molecule is C[C@H]1OCCN[C@@H]1C(=O)NCC(C)(C)c1cccc(Br)c1.Cl. The van der Waals surface area contributed by atoms with E-state index in [0.29, 0.717) is 13.2 Å². The normalized spacial score (nSPS) is 21.8. The van der Waals surface area contributed by atoms with E-state index in [0.717, 1.165) is 11.0 Å². The van der Waals surface area contributed by atoms with Crippen molar-refractivity contribution in [3.63, 3.8) is 0 Å². The molecule has 0 bridgehead atoms. The highest BCUT2D eigenvalue weighted by Crippen LogP contribution is 2.25. The Morgan fingerprint density at radius 3 is 2.86 bits per heavy atom. The topological polar surface area (TPSA) is 50.4 Å². The third-order valence-corrected chi connectivity index (χ3v) is 4.40. The quantitative estimate of drug-likeness (QED) is 0.829. The Bertz CT molecular complexity index is 511. The summed E-state index contributed by atoms with van der Waals surface area (Å²) < 4.78 is 6.57. The molecular weight excluding hydrogens is 368 g/mol. The first-order chi connectivity index (χ1) is 9.90. The molecule has 0 radical (unpaired) electrons. The van der Waals surface area contributed by atoms with Gasteiger partial charge in [-0.25, -0.2) is 0 Å². The third kappa shape index (κ3) is 4.95. The van der Waals surface area contributed by atoms with Crippen LogP contribution in [0.5, 0.6) is 0 Å². The van der Waals surface area contributed by atoms with Gasteiger partial charge in [0.05, 0.1) is 12.7 Å². The molecule has 2 N–H and O–H groups in total. The highest BCUT2D eigenvalue weighted by Gasteiger charge is 2.30. The number of amides is 1. The molecule has 1 aliphatic rings. The number of halogens is 2.